The first-order valence-electron chi connectivity index (χ1n) is 15.9. The van der Waals surface area contributed by atoms with E-state index in [9.17, 15) is 20.4 Å². The Labute approximate surface area is 267 Å². The van der Waals surface area contributed by atoms with Crippen LogP contribution in [0.2, 0.25) is 0 Å². The van der Waals surface area contributed by atoms with Gasteiger partial charge in [-0.2, -0.15) is 0 Å². The van der Waals surface area contributed by atoms with Gasteiger partial charge in [0.05, 0.1) is 23.4 Å². The van der Waals surface area contributed by atoms with Crippen LogP contribution in [0.5, 0.6) is 0 Å². The van der Waals surface area contributed by atoms with Crippen LogP contribution >= 0.6 is 0 Å². The van der Waals surface area contributed by atoms with Crippen molar-refractivity contribution in [2.75, 3.05) is 0 Å². The van der Waals surface area contributed by atoms with Crippen molar-refractivity contribution >= 4 is 0 Å². The molecular weight excluding hydrogens is 544 g/mol. The standard InChI is InChI=1S/C40H58O4/c1-29(17-13-19-31(3)21-23-35-37(5,6)25-33(41)27-39(35,9)43)15-11-12-16-30(2)18-14-20-32(4)22-24-36-38(7,8)26-34(42)28-40(36,10)44/h11-24,33-34,41-44H,25-28H2,1-10H3/b15-11+,16-12+,19-13+,20-14+,29-17+,30-18+,31-21+,32-22+,35-23+,36-24+/t33-,34-,39-,40+/m0/s1. The third-order valence-electron chi connectivity index (χ3n) is 8.67. The molecule has 2 aliphatic carbocycles. The lowest BCUT2D eigenvalue weighted by Gasteiger charge is -2.45. The Morgan fingerprint density at radius 3 is 1.11 bits per heavy atom. The molecule has 0 unspecified atom stereocenters. The minimum absolute atomic E-state index is 0.253. The van der Waals surface area contributed by atoms with E-state index < -0.39 is 23.4 Å². The van der Waals surface area contributed by atoms with E-state index in [-0.39, 0.29) is 10.8 Å². The predicted octanol–water partition coefficient (Wildman–Crippen LogP) is 8.71. The fraction of sp³-hybridized carbons (Fsp3) is 0.500. The number of hydrogen-bond acceptors (Lipinski definition) is 4. The Balaban J connectivity index is 1.95. The number of hydrogen-bond donors (Lipinski definition) is 4. The Morgan fingerprint density at radius 2 is 0.795 bits per heavy atom. The Bertz CT molecular complexity index is 1170. The minimum atomic E-state index is -1.00. The molecule has 0 aromatic rings. The molecule has 4 heteroatoms. The van der Waals surface area contributed by atoms with E-state index >= 15 is 0 Å². The van der Waals surface area contributed by atoms with Crippen LogP contribution in [-0.2, 0) is 0 Å². The van der Waals surface area contributed by atoms with Gasteiger partial charge in [-0.1, -0.05) is 135 Å². The lowest BCUT2D eigenvalue weighted by molar-refractivity contribution is -0.0279. The van der Waals surface area contributed by atoms with Crippen LogP contribution in [-0.4, -0.2) is 43.8 Å². The first-order chi connectivity index (χ1) is 20.2. The zero-order valence-electron chi connectivity index (χ0n) is 28.9. The van der Waals surface area contributed by atoms with Gasteiger partial charge in [-0.05, 0) is 76.4 Å². The molecule has 44 heavy (non-hydrogen) atoms. The normalized spacial score (nSPS) is 32.8. The number of aliphatic hydroxyl groups is 4. The first-order valence-corrected chi connectivity index (χ1v) is 15.9. The average Bonchev–Trinajstić information content (AvgIpc) is 2.83. The molecule has 2 saturated carbocycles. The molecule has 0 radical (unpaired) electrons. The highest BCUT2D eigenvalue weighted by molar-refractivity contribution is 5.36. The molecule has 2 fully saturated rings. The van der Waals surface area contributed by atoms with E-state index in [1.807, 2.05) is 62.5 Å². The van der Waals surface area contributed by atoms with Gasteiger partial charge in [0.2, 0.25) is 0 Å². The number of rotatable bonds is 9. The van der Waals surface area contributed by atoms with Crippen molar-refractivity contribution in [1.29, 1.82) is 0 Å². The topological polar surface area (TPSA) is 80.9 Å². The van der Waals surface area contributed by atoms with Gasteiger partial charge in [0.15, 0.2) is 0 Å². The molecule has 0 spiro atoms. The summed E-state index contributed by atoms with van der Waals surface area (Å²) in [5.74, 6) is 0. The minimum Gasteiger partial charge on any atom is -0.393 e. The Kier molecular flexibility index (Phi) is 13.2. The molecule has 2 aliphatic rings. The summed E-state index contributed by atoms with van der Waals surface area (Å²) in [4.78, 5) is 0. The summed E-state index contributed by atoms with van der Waals surface area (Å²) < 4.78 is 0. The van der Waals surface area contributed by atoms with Crippen LogP contribution in [0.25, 0.3) is 0 Å². The van der Waals surface area contributed by atoms with Gasteiger partial charge < -0.3 is 20.4 Å². The third kappa shape index (κ3) is 11.6. The first kappa shape index (κ1) is 37.4. The summed E-state index contributed by atoms with van der Waals surface area (Å²) >= 11 is 0. The summed E-state index contributed by atoms with van der Waals surface area (Å²) in [6.45, 7) is 20.1. The van der Waals surface area contributed by atoms with Crippen molar-refractivity contribution in [2.24, 2.45) is 10.8 Å². The molecule has 0 amide bonds. The summed E-state index contributed by atoms with van der Waals surface area (Å²) in [7, 11) is 0. The summed E-state index contributed by atoms with van der Waals surface area (Å²) in [5, 5.41) is 42.0. The third-order valence-corrected chi connectivity index (χ3v) is 8.67. The van der Waals surface area contributed by atoms with Gasteiger partial charge in [-0.15, -0.1) is 0 Å². The lowest BCUT2D eigenvalue weighted by atomic mass is 9.65. The van der Waals surface area contributed by atoms with Gasteiger partial charge >= 0.3 is 0 Å². The van der Waals surface area contributed by atoms with Gasteiger partial charge in [-0.25, -0.2) is 0 Å². The maximum absolute atomic E-state index is 10.9. The van der Waals surface area contributed by atoms with E-state index in [0.717, 1.165) is 33.4 Å². The molecule has 0 saturated heterocycles. The second-order valence-corrected chi connectivity index (χ2v) is 14.7. The molecule has 4 N–H and O–H groups in total. The zero-order chi connectivity index (χ0) is 33.3. The number of allylic oxidation sites excluding steroid dienone is 18. The molecule has 4 atom stereocenters. The summed E-state index contributed by atoms with van der Waals surface area (Å²) in [5.41, 5.74) is 3.85. The smallest absolute Gasteiger partial charge is 0.0861 e. The molecule has 2 rings (SSSR count). The molecule has 0 bridgehead atoms. The fourth-order valence-corrected chi connectivity index (χ4v) is 6.72. The highest BCUT2D eigenvalue weighted by atomic mass is 16.3. The Hall–Kier alpha value is -2.76. The van der Waals surface area contributed by atoms with Crippen molar-refractivity contribution in [3.8, 4) is 0 Å². The maximum Gasteiger partial charge on any atom is 0.0861 e. The lowest BCUT2D eigenvalue weighted by Crippen LogP contribution is -2.45. The molecule has 0 aromatic heterocycles. The Morgan fingerprint density at radius 1 is 0.500 bits per heavy atom. The van der Waals surface area contributed by atoms with Gasteiger partial charge in [0.1, 0.15) is 0 Å². The van der Waals surface area contributed by atoms with Crippen molar-refractivity contribution in [3.63, 3.8) is 0 Å². The van der Waals surface area contributed by atoms with E-state index in [1.54, 1.807) is 13.8 Å². The van der Waals surface area contributed by atoms with Crippen molar-refractivity contribution in [3.05, 3.63) is 119 Å². The average molecular weight is 603 g/mol. The van der Waals surface area contributed by atoms with Gasteiger partial charge in [0.25, 0.3) is 0 Å². The van der Waals surface area contributed by atoms with Crippen molar-refractivity contribution in [2.45, 2.75) is 118 Å². The molecule has 4 nitrogen and oxygen atoms in total. The SMILES string of the molecule is CC(/C=C/C=C/C(C)=C/C=C/C(C)=C/C=C1\C(C)(C)C[C@H](O)C[C@@]1(C)O)=C\C=C\C(C)=C\C=C1/C(C)(C)C[C@H](O)C[C@]1(C)O. The zero-order valence-corrected chi connectivity index (χ0v) is 28.9. The molecule has 0 heterocycles. The van der Waals surface area contributed by atoms with E-state index in [4.69, 9.17) is 0 Å². The largest absolute Gasteiger partial charge is 0.393 e. The van der Waals surface area contributed by atoms with E-state index in [1.165, 1.54) is 0 Å². The van der Waals surface area contributed by atoms with Gasteiger partial charge in [0, 0.05) is 12.8 Å². The molecular formula is C40H58O4. The van der Waals surface area contributed by atoms with Crippen LogP contribution in [0, 0.1) is 10.8 Å². The van der Waals surface area contributed by atoms with E-state index in [2.05, 4.69) is 78.0 Å². The quantitative estimate of drug-likeness (QED) is 0.199. The summed E-state index contributed by atoms with van der Waals surface area (Å²) in [6, 6.07) is 0. The summed E-state index contributed by atoms with van der Waals surface area (Å²) in [6.07, 6.45) is 29.7. The highest BCUT2D eigenvalue weighted by Gasteiger charge is 2.44. The second kappa shape index (κ2) is 15.5. The monoisotopic (exact) mass is 602 g/mol. The van der Waals surface area contributed by atoms with Crippen LogP contribution < -0.4 is 0 Å². The second-order valence-electron chi connectivity index (χ2n) is 14.7. The van der Waals surface area contributed by atoms with E-state index in [0.29, 0.717) is 25.7 Å². The number of aliphatic hydroxyl groups excluding tert-OH is 2. The predicted molar refractivity (Wildman–Crippen MR) is 187 cm³/mol. The molecule has 0 aromatic carbocycles. The van der Waals surface area contributed by atoms with Crippen LogP contribution in [0.3, 0.4) is 0 Å². The molecule has 242 valence electrons. The van der Waals surface area contributed by atoms with Gasteiger partial charge in [-0.3, -0.25) is 0 Å². The molecule has 0 aliphatic heterocycles. The van der Waals surface area contributed by atoms with Crippen LogP contribution in [0.15, 0.2) is 119 Å². The van der Waals surface area contributed by atoms with Crippen molar-refractivity contribution < 1.29 is 20.4 Å². The fourth-order valence-electron chi connectivity index (χ4n) is 6.72. The van der Waals surface area contributed by atoms with Crippen molar-refractivity contribution in [1.82, 2.24) is 0 Å². The maximum atomic E-state index is 10.9. The van der Waals surface area contributed by atoms with Crippen LogP contribution in [0.1, 0.15) is 94.9 Å². The highest BCUT2D eigenvalue weighted by Crippen LogP contribution is 2.46. The van der Waals surface area contributed by atoms with Crippen LogP contribution in [0.4, 0.5) is 0 Å².